The maximum atomic E-state index is 5.61. The number of nitrogens with zero attached hydrogens (tertiary/aromatic N) is 4. The van der Waals surface area contributed by atoms with Crippen molar-refractivity contribution in [1.82, 2.24) is 19.5 Å². The molecule has 0 radical (unpaired) electrons. The third kappa shape index (κ3) is 5.42. The predicted octanol–water partition coefficient (Wildman–Crippen LogP) is 15.5. The Hall–Kier alpha value is -7.99. The Bertz CT molecular complexity index is 3940. The van der Waals surface area contributed by atoms with E-state index in [1.807, 2.05) is 0 Å². The molecule has 0 aliphatic carbocycles. The van der Waals surface area contributed by atoms with E-state index in [-0.39, 0.29) is 0 Å². The monoisotopic (exact) mass is 806 g/mol. The largest absolute Gasteiger partial charge is 0.308 e. The highest BCUT2D eigenvalue weighted by Crippen LogP contribution is 2.46. The summed E-state index contributed by atoms with van der Waals surface area (Å²) in [5.41, 5.74) is 8.41. The van der Waals surface area contributed by atoms with Gasteiger partial charge in [0.05, 0.1) is 22.3 Å². The second kappa shape index (κ2) is 13.8. The molecular formula is C57H34N4S. The van der Waals surface area contributed by atoms with Crippen molar-refractivity contribution in [3.63, 3.8) is 0 Å². The molecule has 0 spiro atoms. The van der Waals surface area contributed by atoms with E-state index in [0.717, 1.165) is 60.0 Å². The molecule has 10 aromatic carbocycles. The number of aromatic nitrogens is 4. The van der Waals surface area contributed by atoms with Crippen LogP contribution in [0, 0.1) is 0 Å². The van der Waals surface area contributed by atoms with E-state index in [2.05, 4.69) is 211 Å². The molecule has 0 N–H and O–H groups in total. The van der Waals surface area contributed by atoms with Gasteiger partial charge in [-0.3, -0.25) is 0 Å². The van der Waals surface area contributed by atoms with E-state index in [0.29, 0.717) is 17.5 Å². The van der Waals surface area contributed by atoms with Crippen LogP contribution in [0.4, 0.5) is 0 Å². The van der Waals surface area contributed by atoms with Gasteiger partial charge in [-0.1, -0.05) is 164 Å². The van der Waals surface area contributed by atoms with Gasteiger partial charge in [0.15, 0.2) is 17.5 Å². The van der Waals surface area contributed by atoms with Crippen molar-refractivity contribution in [2.75, 3.05) is 0 Å². The van der Waals surface area contributed by atoms with Crippen LogP contribution in [0.25, 0.3) is 125 Å². The molecule has 4 nitrogen and oxygen atoms in total. The number of benzene rings is 10. The van der Waals surface area contributed by atoms with Gasteiger partial charge < -0.3 is 4.57 Å². The zero-order valence-electron chi connectivity index (χ0n) is 33.3. The van der Waals surface area contributed by atoms with Gasteiger partial charge in [0.25, 0.3) is 0 Å². The Morgan fingerprint density at radius 1 is 0.339 bits per heavy atom. The molecule has 288 valence electrons. The number of rotatable bonds is 5. The topological polar surface area (TPSA) is 43.6 Å². The van der Waals surface area contributed by atoms with Crippen molar-refractivity contribution in [3.8, 4) is 51.0 Å². The predicted molar refractivity (Wildman–Crippen MR) is 261 cm³/mol. The maximum absolute atomic E-state index is 5.61. The molecule has 62 heavy (non-hydrogen) atoms. The van der Waals surface area contributed by atoms with Crippen LogP contribution in [-0.4, -0.2) is 19.5 Å². The minimum atomic E-state index is 0.623. The number of hydrogen-bond acceptors (Lipinski definition) is 4. The summed E-state index contributed by atoms with van der Waals surface area (Å²) in [5.74, 6) is 1.89. The highest BCUT2D eigenvalue weighted by molar-refractivity contribution is 7.26. The van der Waals surface area contributed by atoms with Gasteiger partial charge in [0.1, 0.15) is 0 Å². The fourth-order valence-corrected chi connectivity index (χ4v) is 10.8. The summed E-state index contributed by atoms with van der Waals surface area (Å²) in [6.45, 7) is 0. The number of para-hydroxylation sites is 1. The second-order valence-electron chi connectivity index (χ2n) is 15.9. The highest BCUT2D eigenvalue weighted by atomic mass is 32.1. The average molecular weight is 807 g/mol. The smallest absolute Gasteiger partial charge is 0.167 e. The van der Waals surface area contributed by atoms with Gasteiger partial charge >= 0.3 is 0 Å². The Morgan fingerprint density at radius 3 is 1.82 bits per heavy atom. The molecule has 13 rings (SSSR count). The molecule has 0 saturated carbocycles. The van der Waals surface area contributed by atoms with E-state index >= 15 is 0 Å². The third-order valence-electron chi connectivity index (χ3n) is 12.4. The van der Waals surface area contributed by atoms with Crippen molar-refractivity contribution in [1.29, 1.82) is 0 Å². The SMILES string of the molecule is c1ccc(-c2cccc(-c3nc(-c4cc5ccccc5c5ccccc45)nc(-c4c(-n5c6ccccc6c6cc7ccccc7cc65)ccc5c4sc4ccccc45)n3)c2)cc1. The fraction of sp³-hybridized carbons (Fsp3) is 0. The van der Waals surface area contributed by atoms with Gasteiger partial charge in [-0.2, -0.15) is 0 Å². The molecular weight excluding hydrogens is 773 g/mol. The van der Waals surface area contributed by atoms with Crippen LogP contribution in [-0.2, 0) is 0 Å². The molecule has 0 bridgehead atoms. The normalized spacial score (nSPS) is 11.9. The minimum absolute atomic E-state index is 0.623. The minimum Gasteiger partial charge on any atom is -0.308 e. The molecule has 5 heteroatoms. The van der Waals surface area contributed by atoms with Crippen LogP contribution in [0.3, 0.4) is 0 Å². The van der Waals surface area contributed by atoms with Crippen LogP contribution in [0.15, 0.2) is 206 Å². The number of hydrogen-bond donors (Lipinski definition) is 0. The Kier molecular flexibility index (Phi) is 7.74. The number of fused-ring (bicyclic) bond motifs is 10. The van der Waals surface area contributed by atoms with E-state index in [9.17, 15) is 0 Å². The first kappa shape index (κ1) is 34.8. The summed E-state index contributed by atoms with van der Waals surface area (Å²) in [4.78, 5) is 16.6. The van der Waals surface area contributed by atoms with Crippen LogP contribution in [0.5, 0.6) is 0 Å². The number of thiophene rings is 1. The third-order valence-corrected chi connectivity index (χ3v) is 13.6. The van der Waals surface area contributed by atoms with Gasteiger partial charge in [-0.25, -0.2) is 15.0 Å². The summed E-state index contributed by atoms with van der Waals surface area (Å²) in [5, 5.41) is 11.8. The van der Waals surface area contributed by atoms with Crippen molar-refractivity contribution in [2.24, 2.45) is 0 Å². The quantitative estimate of drug-likeness (QED) is 0.163. The highest BCUT2D eigenvalue weighted by Gasteiger charge is 2.24. The van der Waals surface area contributed by atoms with Crippen LogP contribution in [0.1, 0.15) is 0 Å². The molecule has 0 atom stereocenters. The molecule has 0 amide bonds. The first-order valence-electron chi connectivity index (χ1n) is 20.9. The molecule has 3 aromatic heterocycles. The van der Waals surface area contributed by atoms with Gasteiger partial charge in [0, 0.05) is 42.1 Å². The van der Waals surface area contributed by atoms with E-state index < -0.39 is 0 Å². The van der Waals surface area contributed by atoms with Crippen LogP contribution in [0.2, 0.25) is 0 Å². The first-order chi connectivity index (χ1) is 30.7. The van der Waals surface area contributed by atoms with Gasteiger partial charge in [-0.15, -0.1) is 11.3 Å². The Morgan fingerprint density at radius 2 is 0.968 bits per heavy atom. The summed E-state index contributed by atoms with van der Waals surface area (Å²) in [6.07, 6.45) is 0. The molecule has 0 aliphatic heterocycles. The fourth-order valence-electron chi connectivity index (χ4n) is 9.54. The van der Waals surface area contributed by atoms with Crippen molar-refractivity contribution in [2.45, 2.75) is 0 Å². The summed E-state index contributed by atoms with van der Waals surface area (Å²) in [7, 11) is 0. The Labute approximate surface area is 360 Å². The van der Waals surface area contributed by atoms with Crippen molar-refractivity contribution in [3.05, 3.63) is 206 Å². The molecule has 0 unspecified atom stereocenters. The average Bonchev–Trinajstić information content (AvgIpc) is 3.88. The van der Waals surface area contributed by atoms with E-state index in [1.54, 1.807) is 11.3 Å². The lowest BCUT2D eigenvalue weighted by Gasteiger charge is -2.17. The Balaban J connectivity index is 1.17. The van der Waals surface area contributed by atoms with Crippen molar-refractivity contribution < 1.29 is 0 Å². The van der Waals surface area contributed by atoms with Gasteiger partial charge in [-0.05, 0) is 85.9 Å². The lowest BCUT2D eigenvalue weighted by atomic mass is 9.96. The standard InChI is InChI=1S/C57H34N4S/c1-2-15-35(16-3-1)36-20-14-21-40(31-36)55-58-56(48-33-39-19-6-7-22-41(39)42-23-8-9-24-43(42)48)60-57(59-55)53-50(30-29-46-45-26-11-13-28-52(45)62-54(46)53)61-49-27-12-10-25-44(49)47-32-37-17-4-5-18-38(37)34-51(47)61/h1-34H. The maximum Gasteiger partial charge on any atom is 0.167 e. The van der Waals surface area contributed by atoms with Crippen LogP contribution >= 0.6 is 11.3 Å². The zero-order valence-corrected chi connectivity index (χ0v) is 34.1. The van der Waals surface area contributed by atoms with Crippen molar-refractivity contribution >= 4 is 85.6 Å². The van der Waals surface area contributed by atoms with Crippen LogP contribution < -0.4 is 0 Å². The first-order valence-corrected chi connectivity index (χ1v) is 21.7. The van der Waals surface area contributed by atoms with E-state index in [4.69, 9.17) is 15.0 Å². The molecule has 0 aliphatic rings. The molecule has 13 aromatic rings. The second-order valence-corrected chi connectivity index (χ2v) is 17.0. The lowest BCUT2D eigenvalue weighted by Crippen LogP contribution is -2.04. The lowest BCUT2D eigenvalue weighted by molar-refractivity contribution is 1.07. The molecule has 0 fully saturated rings. The summed E-state index contributed by atoms with van der Waals surface area (Å²) >= 11 is 1.80. The molecule has 0 saturated heterocycles. The molecule has 3 heterocycles. The zero-order chi connectivity index (χ0) is 40.7. The summed E-state index contributed by atoms with van der Waals surface area (Å²) < 4.78 is 4.79. The summed E-state index contributed by atoms with van der Waals surface area (Å²) in [6, 6.07) is 73.9. The van der Waals surface area contributed by atoms with Gasteiger partial charge in [0.2, 0.25) is 0 Å². The van der Waals surface area contributed by atoms with E-state index in [1.165, 1.54) is 47.8 Å².